The second kappa shape index (κ2) is 7.50. The number of anilines is 1. The molecular weight excluding hydrogens is 232 g/mol. The largest absolute Gasteiger partial charge is 0.366 e. The van der Waals surface area contributed by atoms with E-state index in [0.29, 0.717) is 12.6 Å². The van der Waals surface area contributed by atoms with Crippen molar-refractivity contribution in [3.05, 3.63) is 11.8 Å². The Morgan fingerprint density at radius 3 is 2.82 bits per heavy atom. The number of hydrogen-bond acceptors (Lipinski definition) is 5. The highest BCUT2D eigenvalue weighted by Crippen LogP contribution is 2.15. The van der Waals surface area contributed by atoms with E-state index >= 15 is 0 Å². The van der Waals surface area contributed by atoms with E-state index in [9.17, 15) is 0 Å². The fraction of sp³-hybridized carbons (Fsp3) is 0.667. The Bertz CT molecular complexity index is 343. The molecule has 0 aromatic carbocycles. The number of rotatable bonds is 7. The molecule has 5 heteroatoms. The lowest BCUT2D eigenvalue weighted by Gasteiger charge is -2.17. The third-order valence-corrected chi connectivity index (χ3v) is 3.11. The number of nitrogens with two attached hydrogens (primary N) is 1. The van der Waals surface area contributed by atoms with Crippen LogP contribution in [0.3, 0.4) is 0 Å². The van der Waals surface area contributed by atoms with E-state index in [1.165, 1.54) is 12.8 Å². The molecule has 0 spiro atoms. The maximum Gasteiger partial charge on any atom is 0.189 e. The molecule has 0 bridgehead atoms. The molecule has 3 N–H and O–H groups in total. The zero-order chi connectivity index (χ0) is 12.7. The summed E-state index contributed by atoms with van der Waals surface area (Å²) in [5.41, 5.74) is 6.74. The number of nitrogens with zero attached hydrogens (tertiary/aromatic N) is 2. The van der Waals surface area contributed by atoms with Crippen molar-refractivity contribution in [2.75, 3.05) is 18.1 Å². The predicted octanol–water partition coefficient (Wildman–Crippen LogP) is 2.44. The minimum atomic E-state index is 0.305. The lowest BCUT2D eigenvalue weighted by atomic mass is 10.1. The predicted molar refractivity (Wildman–Crippen MR) is 74.5 cm³/mol. The third kappa shape index (κ3) is 4.91. The molecule has 0 aliphatic rings. The molecule has 1 aromatic heterocycles. The molecule has 1 aromatic rings. The monoisotopic (exact) mass is 254 g/mol. The molecule has 96 valence electrons. The Balaban J connectivity index is 2.68. The van der Waals surface area contributed by atoms with Gasteiger partial charge in [-0.15, -0.1) is 0 Å². The topological polar surface area (TPSA) is 63.8 Å². The van der Waals surface area contributed by atoms with E-state index in [2.05, 4.69) is 22.2 Å². The van der Waals surface area contributed by atoms with Crippen LogP contribution in [0.5, 0.6) is 0 Å². The van der Waals surface area contributed by atoms with Crippen LogP contribution in [0.4, 0.5) is 5.82 Å². The smallest absolute Gasteiger partial charge is 0.189 e. The quantitative estimate of drug-likeness (QED) is 0.578. The van der Waals surface area contributed by atoms with Gasteiger partial charge in [0.25, 0.3) is 0 Å². The average Bonchev–Trinajstić information content (AvgIpc) is 2.33. The van der Waals surface area contributed by atoms with Gasteiger partial charge in [0, 0.05) is 24.3 Å². The molecule has 1 atom stereocenters. The first-order valence-corrected chi connectivity index (χ1v) is 7.28. The lowest BCUT2D eigenvalue weighted by Crippen LogP contribution is -2.29. The van der Waals surface area contributed by atoms with Crippen molar-refractivity contribution >= 4 is 17.6 Å². The first kappa shape index (κ1) is 14.3. The van der Waals surface area contributed by atoms with Crippen LogP contribution in [-0.4, -0.2) is 28.8 Å². The highest BCUT2D eigenvalue weighted by Gasteiger charge is 2.08. The van der Waals surface area contributed by atoms with Gasteiger partial charge in [-0.2, -0.15) is 0 Å². The van der Waals surface area contributed by atoms with Gasteiger partial charge in [-0.25, -0.2) is 9.97 Å². The first-order valence-electron chi connectivity index (χ1n) is 6.05. The number of nitrogens with one attached hydrogen (secondary N) is 1. The number of hydrogen-bond donors (Lipinski definition) is 2. The van der Waals surface area contributed by atoms with Crippen LogP contribution < -0.4 is 11.1 Å². The summed E-state index contributed by atoms with van der Waals surface area (Å²) in [7, 11) is 0. The average molecular weight is 254 g/mol. The molecule has 0 aliphatic heterocycles. The summed E-state index contributed by atoms with van der Waals surface area (Å²) in [5, 5.41) is 4.19. The molecule has 0 radical (unpaired) electrons. The van der Waals surface area contributed by atoms with Gasteiger partial charge >= 0.3 is 0 Å². The summed E-state index contributed by atoms with van der Waals surface area (Å²) < 4.78 is 0. The first-order chi connectivity index (χ1) is 8.19. The van der Waals surface area contributed by atoms with Gasteiger partial charge in [-0.1, -0.05) is 31.5 Å². The highest BCUT2D eigenvalue weighted by molar-refractivity contribution is 7.98. The van der Waals surface area contributed by atoms with Crippen molar-refractivity contribution in [3.8, 4) is 0 Å². The second-order valence-corrected chi connectivity index (χ2v) is 4.87. The van der Waals surface area contributed by atoms with Crippen LogP contribution in [0.2, 0.25) is 0 Å². The Morgan fingerprint density at radius 1 is 1.47 bits per heavy atom. The SMILES string of the molecule is CCCCC(CN)Nc1cc(C)nc(SC)n1. The van der Waals surface area contributed by atoms with E-state index in [1.54, 1.807) is 11.8 Å². The summed E-state index contributed by atoms with van der Waals surface area (Å²) in [6.45, 7) is 4.81. The van der Waals surface area contributed by atoms with E-state index in [1.807, 2.05) is 19.2 Å². The molecule has 1 unspecified atom stereocenters. The van der Waals surface area contributed by atoms with Crippen molar-refractivity contribution in [3.63, 3.8) is 0 Å². The van der Waals surface area contributed by atoms with Gasteiger partial charge in [-0.05, 0) is 19.6 Å². The Kier molecular flexibility index (Phi) is 6.29. The molecule has 17 heavy (non-hydrogen) atoms. The van der Waals surface area contributed by atoms with Crippen molar-refractivity contribution in [1.29, 1.82) is 0 Å². The van der Waals surface area contributed by atoms with E-state index in [4.69, 9.17) is 5.73 Å². The number of aryl methyl sites for hydroxylation is 1. The molecule has 0 amide bonds. The zero-order valence-electron chi connectivity index (χ0n) is 10.9. The van der Waals surface area contributed by atoms with Crippen LogP contribution in [-0.2, 0) is 0 Å². The fourth-order valence-electron chi connectivity index (χ4n) is 1.62. The number of unbranched alkanes of at least 4 members (excludes halogenated alkanes) is 1. The van der Waals surface area contributed by atoms with Gasteiger partial charge < -0.3 is 11.1 Å². The molecule has 0 saturated heterocycles. The lowest BCUT2D eigenvalue weighted by molar-refractivity contribution is 0.611. The highest BCUT2D eigenvalue weighted by atomic mass is 32.2. The van der Waals surface area contributed by atoms with Crippen molar-refractivity contribution in [1.82, 2.24) is 9.97 Å². The van der Waals surface area contributed by atoms with Crippen molar-refractivity contribution in [2.45, 2.75) is 44.3 Å². The minimum absolute atomic E-state index is 0.305. The van der Waals surface area contributed by atoms with Gasteiger partial charge in [0.15, 0.2) is 5.16 Å². The third-order valence-electron chi connectivity index (χ3n) is 2.56. The molecule has 1 heterocycles. The Morgan fingerprint density at radius 2 is 2.24 bits per heavy atom. The minimum Gasteiger partial charge on any atom is -0.366 e. The van der Waals surface area contributed by atoms with Crippen molar-refractivity contribution in [2.24, 2.45) is 5.73 Å². The standard InChI is InChI=1S/C12H22N4S/c1-4-5-6-10(8-13)15-11-7-9(2)14-12(16-11)17-3/h7,10H,4-6,8,13H2,1-3H3,(H,14,15,16). The Hall–Kier alpha value is -0.810. The number of thioether (sulfide) groups is 1. The maximum atomic E-state index is 5.76. The van der Waals surface area contributed by atoms with Crippen molar-refractivity contribution < 1.29 is 0 Å². The van der Waals surface area contributed by atoms with Gasteiger partial charge in [0.1, 0.15) is 5.82 Å². The van der Waals surface area contributed by atoms with E-state index in [-0.39, 0.29) is 0 Å². The van der Waals surface area contributed by atoms with Crippen LogP contribution in [0.1, 0.15) is 31.9 Å². The fourth-order valence-corrected chi connectivity index (χ4v) is 2.04. The molecule has 0 fully saturated rings. The summed E-state index contributed by atoms with van der Waals surface area (Å²) >= 11 is 1.56. The summed E-state index contributed by atoms with van der Waals surface area (Å²) in [6.07, 6.45) is 5.45. The maximum absolute atomic E-state index is 5.76. The summed E-state index contributed by atoms with van der Waals surface area (Å²) in [5.74, 6) is 0.883. The van der Waals surface area contributed by atoms with Crippen LogP contribution >= 0.6 is 11.8 Å². The molecule has 0 saturated carbocycles. The number of aromatic nitrogens is 2. The molecule has 1 rings (SSSR count). The molecule has 0 aliphatic carbocycles. The van der Waals surface area contributed by atoms with Gasteiger partial charge in [0.05, 0.1) is 0 Å². The normalized spacial score (nSPS) is 12.5. The van der Waals surface area contributed by atoms with Gasteiger partial charge in [0.2, 0.25) is 0 Å². The molecule has 4 nitrogen and oxygen atoms in total. The Labute approximate surface area is 108 Å². The van der Waals surface area contributed by atoms with Crippen LogP contribution in [0, 0.1) is 6.92 Å². The summed E-state index contributed by atoms with van der Waals surface area (Å²) in [6, 6.07) is 2.27. The summed E-state index contributed by atoms with van der Waals surface area (Å²) in [4.78, 5) is 8.76. The van der Waals surface area contributed by atoms with Gasteiger partial charge in [-0.3, -0.25) is 0 Å². The van der Waals surface area contributed by atoms with E-state index < -0.39 is 0 Å². The van der Waals surface area contributed by atoms with Crippen LogP contribution in [0.15, 0.2) is 11.2 Å². The zero-order valence-corrected chi connectivity index (χ0v) is 11.7. The molecular formula is C12H22N4S. The second-order valence-electron chi connectivity index (χ2n) is 4.10. The van der Waals surface area contributed by atoms with Crippen LogP contribution in [0.25, 0.3) is 0 Å². The van der Waals surface area contributed by atoms with E-state index in [0.717, 1.165) is 23.1 Å².